The lowest BCUT2D eigenvalue weighted by Crippen LogP contribution is -2.17. The first kappa shape index (κ1) is 19.9. The molecule has 0 atom stereocenters. The average molecular weight is 378 g/mol. The fraction of sp³-hybridized carbons (Fsp3) is 0.409. The third-order valence-electron chi connectivity index (χ3n) is 4.55. The zero-order valence-electron chi connectivity index (χ0n) is 17.3. The minimum absolute atomic E-state index is 0.0353. The van der Waals surface area contributed by atoms with Gasteiger partial charge in [-0.3, -0.25) is 14.3 Å². The number of aromatic nitrogens is 4. The summed E-state index contributed by atoms with van der Waals surface area (Å²) < 4.78 is 1.94. The molecule has 2 aromatic heterocycles. The summed E-state index contributed by atoms with van der Waals surface area (Å²) in [7, 11) is 0. The number of aryl methyl sites for hydroxylation is 1. The summed E-state index contributed by atoms with van der Waals surface area (Å²) in [4.78, 5) is 32.4. The Kier molecular flexibility index (Phi) is 5.15. The summed E-state index contributed by atoms with van der Waals surface area (Å²) in [6, 6.07) is 4.01. The molecule has 28 heavy (non-hydrogen) atoms. The molecule has 0 aliphatic rings. The van der Waals surface area contributed by atoms with Crippen LogP contribution in [0.4, 0.5) is 0 Å². The summed E-state index contributed by atoms with van der Waals surface area (Å²) >= 11 is 0. The van der Waals surface area contributed by atoms with Crippen LogP contribution in [0, 0.1) is 12.3 Å². The van der Waals surface area contributed by atoms with Crippen LogP contribution in [0.15, 0.2) is 24.5 Å². The molecule has 0 amide bonds. The molecule has 0 saturated carbocycles. The van der Waals surface area contributed by atoms with Crippen LogP contribution in [0.3, 0.4) is 0 Å². The van der Waals surface area contributed by atoms with E-state index >= 15 is 0 Å². The van der Waals surface area contributed by atoms with E-state index < -0.39 is 0 Å². The summed E-state index contributed by atoms with van der Waals surface area (Å²) in [6.07, 6.45) is 3.69. The van der Waals surface area contributed by atoms with Crippen LogP contribution in [-0.4, -0.2) is 31.3 Å². The third-order valence-corrected chi connectivity index (χ3v) is 4.55. The molecule has 0 unspecified atom stereocenters. The Morgan fingerprint density at radius 3 is 2.25 bits per heavy atom. The van der Waals surface area contributed by atoms with Gasteiger partial charge in [0.2, 0.25) is 0 Å². The van der Waals surface area contributed by atoms with Crippen LogP contribution in [0.1, 0.15) is 67.7 Å². The van der Waals surface area contributed by atoms with E-state index in [0.717, 1.165) is 27.6 Å². The Balaban J connectivity index is 2.15. The molecule has 146 valence electrons. The van der Waals surface area contributed by atoms with Crippen molar-refractivity contribution in [3.05, 3.63) is 41.6 Å². The maximum Gasteiger partial charge on any atom is 0.199 e. The van der Waals surface area contributed by atoms with E-state index in [0.29, 0.717) is 18.7 Å². The van der Waals surface area contributed by atoms with Crippen LogP contribution in [0.5, 0.6) is 0 Å². The van der Waals surface area contributed by atoms with Gasteiger partial charge in [0.05, 0.1) is 5.52 Å². The van der Waals surface area contributed by atoms with Gasteiger partial charge in [0.15, 0.2) is 17.4 Å². The van der Waals surface area contributed by atoms with Crippen molar-refractivity contribution in [1.82, 2.24) is 19.7 Å². The summed E-state index contributed by atoms with van der Waals surface area (Å²) in [6.45, 7) is 12.5. The highest BCUT2D eigenvalue weighted by Gasteiger charge is 2.21. The molecule has 0 fully saturated rings. The number of Topliss-reactive ketones (excluding diaryl/α,β-unsaturated/α-hetero) is 2. The normalized spacial score (nSPS) is 11.8. The minimum Gasteiger partial charge on any atom is -0.293 e. The van der Waals surface area contributed by atoms with Crippen molar-refractivity contribution in [1.29, 1.82) is 0 Å². The highest BCUT2D eigenvalue weighted by Crippen LogP contribution is 2.31. The predicted octanol–water partition coefficient (Wildman–Crippen LogP) is 4.64. The molecule has 6 nitrogen and oxygen atoms in total. The summed E-state index contributed by atoms with van der Waals surface area (Å²) in [5, 5.41) is 5.44. The first-order chi connectivity index (χ1) is 13.1. The van der Waals surface area contributed by atoms with Gasteiger partial charge < -0.3 is 0 Å². The van der Waals surface area contributed by atoms with Crippen molar-refractivity contribution in [2.24, 2.45) is 5.41 Å². The van der Waals surface area contributed by atoms with Crippen LogP contribution < -0.4 is 0 Å². The maximum absolute atomic E-state index is 12.2. The van der Waals surface area contributed by atoms with E-state index in [9.17, 15) is 9.59 Å². The number of ketones is 2. The van der Waals surface area contributed by atoms with Gasteiger partial charge in [0.25, 0.3) is 0 Å². The number of rotatable bonds is 5. The molecule has 0 spiro atoms. The Hall–Kier alpha value is -2.89. The minimum atomic E-state index is -0.0829. The van der Waals surface area contributed by atoms with Gasteiger partial charge in [-0.05, 0) is 35.6 Å². The maximum atomic E-state index is 12.2. The molecule has 3 aromatic rings. The summed E-state index contributed by atoms with van der Waals surface area (Å²) in [5.74, 6) is 0.0846. The monoisotopic (exact) mass is 378 g/mol. The van der Waals surface area contributed by atoms with Gasteiger partial charge in [-0.1, -0.05) is 27.7 Å². The number of fused-ring (bicyclic) bond motifs is 1. The van der Waals surface area contributed by atoms with Crippen molar-refractivity contribution < 1.29 is 9.59 Å². The Labute approximate surface area is 165 Å². The van der Waals surface area contributed by atoms with E-state index in [2.05, 4.69) is 35.8 Å². The van der Waals surface area contributed by atoms with Gasteiger partial charge in [0, 0.05) is 43.2 Å². The van der Waals surface area contributed by atoms with E-state index in [1.807, 2.05) is 23.7 Å². The molecule has 2 heterocycles. The molecule has 0 aliphatic carbocycles. The van der Waals surface area contributed by atoms with Crippen molar-refractivity contribution in [3.63, 3.8) is 0 Å². The fourth-order valence-corrected chi connectivity index (χ4v) is 3.30. The molecule has 0 aliphatic heterocycles. The first-order valence-electron chi connectivity index (χ1n) is 9.48. The van der Waals surface area contributed by atoms with Gasteiger partial charge in [-0.15, -0.1) is 0 Å². The van der Waals surface area contributed by atoms with Crippen LogP contribution in [0.25, 0.3) is 22.0 Å². The largest absolute Gasteiger partial charge is 0.293 e. The Morgan fingerprint density at radius 1 is 1.07 bits per heavy atom. The van der Waals surface area contributed by atoms with Crippen molar-refractivity contribution in [2.75, 3.05) is 0 Å². The average Bonchev–Trinajstić information content (AvgIpc) is 2.98. The van der Waals surface area contributed by atoms with E-state index in [1.54, 1.807) is 26.2 Å². The van der Waals surface area contributed by atoms with E-state index in [-0.39, 0.29) is 22.8 Å². The molecule has 3 rings (SSSR count). The molecule has 0 saturated heterocycles. The lowest BCUT2D eigenvalue weighted by molar-refractivity contribution is 0.0976. The highest BCUT2D eigenvalue weighted by molar-refractivity contribution is 6.06. The Bertz CT molecular complexity index is 1060. The number of hydrogen-bond acceptors (Lipinski definition) is 5. The second-order valence-corrected chi connectivity index (χ2v) is 8.38. The predicted molar refractivity (Wildman–Crippen MR) is 110 cm³/mol. The molecule has 0 N–H and O–H groups in total. The summed E-state index contributed by atoms with van der Waals surface area (Å²) in [5.41, 5.74) is 4.22. The molecule has 6 heteroatoms. The van der Waals surface area contributed by atoms with Crippen LogP contribution in [-0.2, 0) is 6.54 Å². The zero-order valence-corrected chi connectivity index (χ0v) is 17.3. The van der Waals surface area contributed by atoms with Crippen LogP contribution in [0.2, 0.25) is 0 Å². The van der Waals surface area contributed by atoms with E-state index in [1.165, 1.54) is 0 Å². The van der Waals surface area contributed by atoms with Crippen molar-refractivity contribution >= 4 is 22.5 Å². The number of benzene rings is 1. The number of carbonyl (C=O) groups is 2. The van der Waals surface area contributed by atoms with Gasteiger partial charge in [0.1, 0.15) is 5.69 Å². The van der Waals surface area contributed by atoms with Gasteiger partial charge >= 0.3 is 0 Å². The smallest absolute Gasteiger partial charge is 0.199 e. The zero-order chi connectivity index (χ0) is 20.6. The third kappa shape index (κ3) is 3.86. The highest BCUT2D eigenvalue weighted by atomic mass is 16.1. The topological polar surface area (TPSA) is 77.7 Å². The number of carbonyl (C=O) groups excluding carboxylic acids is 2. The number of nitrogens with zero attached hydrogens (tertiary/aromatic N) is 4. The SMILES string of the molecule is CCC(=O)c1ncc(-c2cc(C)c3c(c2)c(C(C)=O)nn3CC(C)(C)C)cn1. The lowest BCUT2D eigenvalue weighted by atomic mass is 9.96. The second kappa shape index (κ2) is 7.26. The Morgan fingerprint density at radius 2 is 1.71 bits per heavy atom. The molecular weight excluding hydrogens is 352 g/mol. The van der Waals surface area contributed by atoms with Gasteiger partial charge in [-0.2, -0.15) is 5.10 Å². The second-order valence-electron chi connectivity index (χ2n) is 8.38. The van der Waals surface area contributed by atoms with Crippen molar-refractivity contribution in [3.8, 4) is 11.1 Å². The van der Waals surface area contributed by atoms with Crippen LogP contribution >= 0.6 is 0 Å². The number of hydrogen-bond donors (Lipinski definition) is 0. The van der Waals surface area contributed by atoms with E-state index in [4.69, 9.17) is 0 Å². The lowest BCUT2D eigenvalue weighted by Gasteiger charge is -2.19. The molecular formula is C22H26N4O2. The first-order valence-corrected chi connectivity index (χ1v) is 9.48. The molecule has 0 radical (unpaired) electrons. The van der Waals surface area contributed by atoms with Crippen molar-refractivity contribution in [2.45, 2.75) is 54.5 Å². The van der Waals surface area contributed by atoms with Gasteiger partial charge in [-0.25, -0.2) is 9.97 Å². The standard InChI is InChI=1S/C22H26N4O2/c1-7-18(28)21-23-10-16(11-24-21)15-8-13(2)20-17(9-15)19(14(3)27)25-26(20)12-22(4,5)6/h8-11H,7,12H2,1-6H3. The fourth-order valence-electron chi connectivity index (χ4n) is 3.30. The molecule has 0 bridgehead atoms. The quantitative estimate of drug-likeness (QED) is 0.604. The molecule has 1 aromatic carbocycles.